The van der Waals surface area contributed by atoms with E-state index in [1.54, 1.807) is 6.08 Å². The molecule has 0 aliphatic rings. The first-order valence-electron chi connectivity index (χ1n) is 31.0. The fraction of sp³-hybridized carbons (Fsp3) is 0.935. The molecular formula is C62H121NO5. The van der Waals surface area contributed by atoms with Gasteiger partial charge in [0.25, 0.3) is 0 Å². The lowest BCUT2D eigenvalue weighted by molar-refractivity contribution is -0.143. The fourth-order valence-corrected chi connectivity index (χ4v) is 9.81. The Morgan fingerprint density at radius 1 is 0.397 bits per heavy atom. The molecule has 0 bridgehead atoms. The van der Waals surface area contributed by atoms with Gasteiger partial charge in [-0.3, -0.25) is 9.59 Å². The number of hydrogen-bond donors (Lipinski definition) is 3. The van der Waals surface area contributed by atoms with Crippen molar-refractivity contribution in [3.8, 4) is 0 Å². The molecule has 0 rings (SSSR count). The van der Waals surface area contributed by atoms with Crippen LogP contribution in [0.15, 0.2) is 12.2 Å². The van der Waals surface area contributed by atoms with E-state index in [-0.39, 0.29) is 18.5 Å². The van der Waals surface area contributed by atoms with Gasteiger partial charge in [-0.1, -0.05) is 315 Å². The number of ether oxygens (including phenoxy) is 1. The predicted molar refractivity (Wildman–Crippen MR) is 297 cm³/mol. The van der Waals surface area contributed by atoms with Crippen molar-refractivity contribution in [1.29, 1.82) is 0 Å². The Bertz CT molecular complexity index is 1020. The third-order valence-electron chi connectivity index (χ3n) is 14.6. The van der Waals surface area contributed by atoms with Crippen molar-refractivity contribution in [3.05, 3.63) is 12.2 Å². The first-order valence-corrected chi connectivity index (χ1v) is 31.0. The van der Waals surface area contributed by atoms with E-state index >= 15 is 0 Å². The van der Waals surface area contributed by atoms with Crippen LogP contribution in [0.3, 0.4) is 0 Å². The first kappa shape index (κ1) is 66.6. The first-order chi connectivity index (χ1) is 33.5. The van der Waals surface area contributed by atoms with Crippen molar-refractivity contribution < 1.29 is 24.5 Å². The average Bonchev–Trinajstić information content (AvgIpc) is 3.34. The molecule has 6 nitrogen and oxygen atoms in total. The summed E-state index contributed by atoms with van der Waals surface area (Å²) in [4.78, 5) is 24.5. The van der Waals surface area contributed by atoms with Crippen LogP contribution in [0.2, 0.25) is 0 Å². The van der Waals surface area contributed by atoms with Crippen molar-refractivity contribution in [2.45, 2.75) is 360 Å². The molecule has 0 saturated carbocycles. The Hall–Kier alpha value is -1.40. The highest BCUT2D eigenvalue weighted by Crippen LogP contribution is 2.18. The largest absolute Gasteiger partial charge is 0.466 e. The summed E-state index contributed by atoms with van der Waals surface area (Å²) in [5.41, 5.74) is 0. The van der Waals surface area contributed by atoms with Crippen LogP contribution in [0.5, 0.6) is 0 Å². The fourth-order valence-electron chi connectivity index (χ4n) is 9.81. The molecule has 0 heterocycles. The Morgan fingerprint density at radius 3 is 1.00 bits per heavy atom. The van der Waals surface area contributed by atoms with E-state index in [9.17, 15) is 19.8 Å². The monoisotopic (exact) mass is 960 g/mol. The van der Waals surface area contributed by atoms with Crippen LogP contribution in [0.25, 0.3) is 0 Å². The summed E-state index contributed by atoms with van der Waals surface area (Å²) in [6, 6.07) is -0.634. The van der Waals surface area contributed by atoms with E-state index in [4.69, 9.17) is 4.74 Å². The summed E-state index contributed by atoms with van der Waals surface area (Å²) >= 11 is 0. The number of carbonyl (C=O) groups is 2. The van der Waals surface area contributed by atoms with E-state index in [1.807, 2.05) is 6.08 Å². The molecule has 2 unspecified atom stereocenters. The Kier molecular flexibility index (Phi) is 57.0. The van der Waals surface area contributed by atoms with E-state index in [1.165, 1.54) is 276 Å². The molecule has 68 heavy (non-hydrogen) atoms. The Labute approximate surface area is 425 Å². The molecule has 2 atom stereocenters. The second kappa shape index (κ2) is 58.2. The van der Waals surface area contributed by atoms with E-state index in [0.717, 1.165) is 44.9 Å². The highest BCUT2D eigenvalue weighted by Gasteiger charge is 2.18. The molecule has 0 saturated heterocycles. The lowest BCUT2D eigenvalue weighted by Gasteiger charge is -2.20. The topological polar surface area (TPSA) is 95.9 Å². The molecule has 0 aliphatic heterocycles. The van der Waals surface area contributed by atoms with Gasteiger partial charge < -0.3 is 20.3 Å². The molecule has 0 aliphatic carbocycles. The number of aliphatic hydroxyl groups is 2. The zero-order chi connectivity index (χ0) is 49.3. The third kappa shape index (κ3) is 53.9. The quantitative estimate of drug-likeness (QED) is 0.0321. The van der Waals surface area contributed by atoms with E-state index in [2.05, 4.69) is 19.2 Å². The minimum absolute atomic E-state index is 0.00281. The van der Waals surface area contributed by atoms with Crippen LogP contribution in [0, 0.1) is 0 Å². The number of hydrogen-bond acceptors (Lipinski definition) is 5. The highest BCUT2D eigenvalue weighted by atomic mass is 16.5. The maximum atomic E-state index is 12.5. The molecule has 1 amide bonds. The smallest absolute Gasteiger partial charge is 0.305 e. The van der Waals surface area contributed by atoms with Crippen LogP contribution in [-0.4, -0.2) is 47.4 Å². The van der Waals surface area contributed by atoms with Crippen molar-refractivity contribution >= 4 is 11.9 Å². The van der Waals surface area contributed by atoms with Crippen LogP contribution in [0.4, 0.5) is 0 Å². The molecule has 404 valence electrons. The summed E-state index contributed by atoms with van der Waals surface area (Å²) < 4.78 is 5.48. The predicted octanol–water partition coefficient (Wildman–Crippen LogP) is 19.2. The van der Waals surface area contributed by atoms with Gasteiger partial charge in [0.1, 0.15) is 0 Å². The average molecular weight is 961 g/mol. The standard InChI is InChI=1S/C62H121NO5/c1-3-5-7-9-11-13-15-17-19-20-21-22-23-24-25-27-30-34-38-42-46-50-54-60(65)59(58-64)63-61(66)55-51-47-43-39-35-31-28-26-29-33-37-41-45-49-53-57-68-62(67)56-52-48-44-40-36-32-18-16-14-12-10-8-6-4-2/h50,54,59-60,64-65H,3-49,51-53,55-58H2,1-2H3,(H,63,66)/b54-50+. The van der Waals surface area contributed by atoms with Gasteiger partial charge in [0.05, 0.1) is 25.4 Å². The van der Waals surface area contributed by atoms with Gasteiger partial charge in [-0.2, -0.15) is 0 Å². The molecule has 0 aromatic carbocycles. The van der Waals surface area contributed by atoms with Gasteiger partial charge in [-0.25, -0.2) is 0 Å². The number of unbranched alkanes of at least 4 members (excludes halogenated alkanes) is 47. The lowest BCUT2D eigenvalue weighted by Crippen LogP contribution is -2.45. The third-order valence-corrected chi connectivity index (χ3v) is 14.6. The highest BCUT2D eigenvalue weighted by molar-refractivity contribution is 5.76. The van der Waals surface area contributed by atoms with Crippen molar-refractivity contribution in [2.24, 2.45) is 0 Å². The van der Waals surface area contributed by atoms with Crippen LogP contribution in [-0.2, 0) is 14.3 Å². The van der Waals surface area contributed by atoms with Gasteiger partial charge in [0.15, 0.2) is 0 Å². The molecule has 0 radical (unpaired) electrons. The second-order valence-electron chi connectivity index (χ2n) is 21.4. The van der Waals surface area contributed by atoms with Crippen molar-refractivity contribution in [3.63, 3.8) is 0 Å². The van der Waals surface area contributed by atoms with E-state index in [0.29, 0.717) is 19.4 Å². The molecular weight excluding hydrogens is 839 g/mol. The maximum absolute atomic E-state index is 12.5. The minimum atomic E-state index is -0.850. The number of amides is 1. The number of rotatable bonds is 58. The minimum Gasteiger partial charge on any atom is -0.466 e. The summed E-state index contributed by atoms with van der Waals surface area (Å²) in [5.74, 6) is -0.0696. The molecule has 0 fully saturated rings. The van der Waals surface area contributed by atoms with Gasteiger partial charge >= 0.3 is 5.97 Å². The van der Waals surface area contributed by atoms with Crippen LogP contribution >= 0.6 is 0 Å². The number of nitrogens with one attached hydrogen (secondary N) is 1. The van der Waals surface area contributed by atoms with Gasteiger partial charge in [-0.05, 0) is 32.1 Å². The normalized spacial score (nSPS) is 12.6. The van der Waals surface area contributed by atoms with Crippen molar-refractivity contribution in [1.82, 2.24) is 5.32 Å². The number of allylic oxidation sites excluding steroid dienone is 1. The molecule has 0 aromatic rings. The lowest BCUT2D eigenvalue weighted by atomic mass is 10.0. The second-order valence-corrected chi connectivity index (χ2v) is 21.4. The molecule has 0 spiro atoms. The molecule has 0 aromatic heterocycles. The zero-order valence-corrected chi connectivity index (χ0v) is 46.1. The summed E-state index contributed by atoms with van der Waals surface area (Å²) in [6.45, 7) is 4.92. The maximum Gasteiger partial charge on any atom is 0.305 e. The zero-order valence-electron chi connectivity index (χ0n) is 46.1. The number of carbonyl (C=O) groups excluding carboxylic acids is 2. The summed E-state index contributed by atoms with van der Waals surface area (Å²) in [6.07, 6.45) is 69.6. The van der Waals surface area contributed by atoms with Crippen LogP contribution in [0.1, 0.15) is 348 Å². The Balaban J connectivity index is 3.45. The number of aliphatic hydroxyl groups excluding tert-OH is 2. The molecule has 3 N–H and O–H groups in total. The number of esters is 1. The molecule has 6 heteroatoms. The summed E-state index contributed by atoms with van der Waals surface area (Å²) in [5, 5.41) is 23.2. The SMILES string of the molecule is CCCCCCCCCCCCCCCCCCCCCC/C=C/C(O)C(CO)NC(=O)CCCCCCCCCCCCCCCCCOC(=O)CCCCCCCCCCCCCCCC. The van der Waals surface area contributed by atoms with Gasteiger partial charge in [0, 0.05) is 12.8 Å². The Morgan fingerprint density at radius 2 is 0.676 bits per heavy atom. The van der Waals surface area contributed by atoms with Crippen LogP contribution < -0.4 is 5.32 Å². The van der Waals surface area contributed by atoms with Crippen molar-refractivity contribution in [2.75, 3.05) is 13.2 Å². The summed E-state index contributed by atoms with van der Waals surface area (Å²) in [7, 11) is 0. The van der Waals surface area contributed by atoms with Gasteiger partial charge in [-0.15, -0.1) is 0 Å². The van der Waals surface area contributed by atoms with E-state index < -0.39 is 12.1 Å². The van der Waals surface area contributed by atoms with Gasteiger partial charge in [0.2, 0.25) is 5.91 Å².